The fourth-order valence-corrected chi connectivity index (χ4v) is 1.71. The molecular formula is C14H15ClN2O3. The Labute approximate surface area is 122 Å². The number of benzene rings is 1. The second-order valence-electron chi connectivity index (χ2n) is 3.86. The summed E-state index contributed by atoms with van der Waals surface area (Å²) in [4.78, 5) is 8.30. The molecule has 0 N–H and O–H groups in total. The number of rotatable bonds is 6. The highest BCUT2D eigenvalue weighted by atomic mass is 35.5. The summed E-state index contributed by atoms with van der Waals surface area (Å²) >= 11 is 5.94. The third-order valence-corrected chi connectivity index (χ3v) is 2.63. The van der Waals surface area contributed by atoms with Gasteiger partial charge in [0, 0.05) is 12.7 Å². The molecule has 1 heterocycles. The molecule has 1 aromatic heterocycles. The molecule has 0 unspecified atom stereocenters. The lowest BCUT2D eigenvalue weighted by atomic mass is 10.3. The lowest BCUT2D eigenvalue weighted by Gasteiger charge is -2.07. The van der Waals surface area contributed by atoms with Crippen LogP contribution in [-0.4, -0.2) is 23.7 Å². The first-order chi connectivity index (χ1) is 9.71. The van der Waals surface area contributed by atoms with E-state index in [0.29, 0.717) is 35.8 Å². The minimum absolute atomic E-state index is 0.302. The van der Waals surface area contributed by atoms with E-state index in [-0.39, 0.29) is 0 Å². The van der Waals surface area contributed by atoms with Crippen molar-refractivity contribution in [2.24, 2.45) is 0 Å². The maximum atomic E-state index is 5.94. The third kappa shape index (κ3) is 4.08. The maximum absolute atomic E-state index is 5.94. The van der Waals surface area contributed by atoms with Gasteiger partial charge in [0.2, 0.25) is 5.88 Å². The van der Waals surface area contributed by atoms with Crippen molar-refractivity contribution >= 4 is 11.6 Å². The second-order valence-corrected chi connectivity index (χ2v) is 4.25. The molecule has 2 aromatic rings. The van der Waals surface area contributed by atoms with E-state index in [1.165, 1.54) is 0 Å². The zero-order valence-electron chi connectivity index (χ0n) is 11.3. The van der Waals surface area contributed by atoms with Gasteiger partial charge < -0.3 is 14.2 Å². The molecule has 0 amide bonds. The Morgan fingerprint density at radius 3 is 2.45 bits per heavy atom. The van der Waals surface area contributed by atoms with Crippen LogP contribution in [0.3, 0.4) is 0 Å². The molecule has 106 valence electrons. The van der Waals surface area contributed by atoms with Crippen molar-refractivity contribution < 1.29 is 14.2 Å². The predicted octanol–water partition coefficient (Wildman–Crippen LogP) is 3.47. The number of hydrogen-bond donors (Lipinski definition) is 0. The van der Waals surface area contributed by atoms with E-state index in [1.807, 2.05) is 6.92 Å². The third-order valence-electron chi connectivity index (χ3n) is 2.43. The van der Waals surface area contributed by atoms with Crippen molar-refractivity contribution in [2.75, 3.05) is 13.7 Å². The number of hydrogen-bond acceptors (Lipinski definition) is 5. The summed E-state index contributed by atoms with van der Waals surface area (Å²) in [6.07, 6.45) is 0. The molecule has 0 saturated heterocycles. The standard InChI is InChI=1S/C14H15ClN2O3/c1-3-19-9-13-16-12(15)8-14(17-13)20-11-6-4-10(18-2)5-7-11/h4-8H,3,9H2,1-2H3. The Kier molecular flexibility index (Phi) is 5.15. The van der Waals surface area contributed by atoms with Gasteiger partial charge in [-0.25, -0.2) is 4.98 Å². The second kappa shape index (κ2) is 7.07. The largest absolute Gasteiger partial charge is 0.497 e. The molecule has 1 aromatic carbocycles. The van der Waals surface area contributed by atoms with Gasteiger partial charge in [0.15, 0.2) is 5.82 Å². The maximum Gasteiger partial charge on any atom is 0.224 e. The average Bonchev–Trinajstić information content (AvgIpc) is 2.45. The fraction of sp³-hybridized carbons (Fsp3) is 0.286. The first-order valence-electron chi connectivity index (χ1n) is 6.14. The molecule has 20 heavy (non-hydrogen) atoms. The van der Waals surface area contributed by atoms with E-state index < -0.39 is 0 Å². The highest BCUT2D eigenvalue weighted by Gasteiger charge is 2.06. The summed E-state index contributed by atoms with van der Waals surface area (Å²) in [5.41, 5.74) is 0. The van der Waals surface area contributed by atoms with Crippen LogP contribution in [0.25, 0.3) is 0 Å². The van der Waals surface area contributed by atoms with Crippen molar-refractivity contribution in [3.05, 3.63) is 41.3 Å². The Hall–Kier alpha value is -1.85. The van der Waals surface area contributed by atoms with Gasteiger partial charge in [-0.2, -0.15) is 4.98 Å². The van der Waals surface area contributed by atoms with Crippen LogP contribution in [0.15, 0.2) is 30.3 Å². The molecule has 0 spiro atoms. The Morgan fingerprint density at radius 2 is 1.80 bits per heavy atom. The number of aromatic nitrogens is 2. The van der Waals surface area contributed by atoms with Gasteiger partial charge >= 0.3 is 0 Å². The monoisotopic (exact) mass is 294 g/mol. The van der Waals surface area contributed by atoms with Gasteiger partial charge in [0.25, 0.3) is 0 Å². The van der Waals surface area contributed by atoms with Gasteiger partial charge in [-0.3, -0.25) is 0 Å². The molecule has 0 atom stereocenters. The fourth-order valence-electron chi connectivity index (χ4n) is 1.52. The van der Waals surface area contributed by atoms with Crippen LogP contribution in [0.5, 0.6) is 17.4 Å². The molecular weight excluding hydrogens is 280 g/mol. The lowest BCUT2D eigenvalue weighted by molar-refractivity contribution is 0.128. The van der Waals surface area contributed by atoms with Crippen molar-refractivity contribution in [3.63, 3.8) is 0 Å². The molecule has 0 bridgehead atoms. The Balaban J connectivity index is 2.12. The molecule has 5 nitrogen and oxygen atoms in total. The summed E-state index contributed by atoms with van der Waals surface area (Å²) in [5.74, 6) is 2.27. The van der Waals surface area contributed by atoms with E-state index in [9.17, 15) is 0 Å². The van der Waals surface area contributed by atoms with E-state index in [1.54, 1.807) is 37.4 Å². The van der Waals surface area contributed by atoms with Gasteiger partial charge in [0.1, 0.15) is 23.3 Å². The zero-order chi connectivity index (χ0) is 14.4. The zero-order valence-corrected chi connectivity index (χ0v) is 12.1. The van der Waals surface area contributed by atoms with Crippen LogP contribution < -0.4 is 9.47 Å². The summed E-state index contributed by atoms with van der Waals surface area (Å²) in [7, 11) is 1.61. The average molecular weight is 295 g/mol. The summed E-state index contributed by atoms with van der Waals surface area (Å²) in [5, 5.41) is 0.318. The topological polar surface area (TPSA) is 53.5 Å². The lowest BCUT2D eigenvalue weighted by Crippen LogP contribution is -2.01. The highest BCUT2D eigenvalue weighted by molar-refractivity contribution is 6.29. The molecule has 0 saturated carbocycles. The van der Waals surface area contributed by atoms with Gasteiger partial charge in [-0.05, 0) is 31.2 Å². The van der Waals surface area contributed by atoms with Crippen molar-refractivity contribution in [3.8, 4) is 17.4 Å². The van der Waals surface area contributed by atoms with Gasteiger partial charge in [-0.1, -0.05) is 11.6 Å². The molecule has 0 aliphatic carbocycles. The smallest absolute Gasteiger partial charge is 0.224 e. The van der Waals surface area contributed by atoms with Crippen LogP contribution >= 0.6 is 11.6 Å². The van der Waals surface area contributed by atoms with Crippen molar-refractivity contribution in [1.29, 1.82) is 0 Å². The number of nitrogens with zero attached hydrogens (tertiary/aromatic N) is 2. The Bertz CT molecular complexity index is 561. The van der Waals surface area contributed by atoms with Crippen LogP contribution in [-0.2, 0) is 11.3 Å². The van der Waals surface area contributed by atoms with Crippen LogP contribution in [0.1, 0.15) is 12.7 Å². The Morgan fingerprint density at radius 1 is 1.10 bits per heavy atom. The first-order valence-corrected chi connectivity index (χ1v) is 6.52. The molecule has 0 radical (unpaired) electrons. The number of ether oxygens (including phenoxy) is 3. The summed E-state index contributed by atoms with van der Waals surface area (Å²) in [6, 6.07) is 8.74. The van der Waals surface area contributed by atoms with Crippen LogP contribution in [0, 0.1) is 0 Å². The van der Waals surface area contributed by atoms with E-state index >= 15 is 0 Å². The number of methoxy groups -OCH3 is 1. The normalized spacial score (nSPS) is 10.3. The van der Waals surface area contributed by atoms with Crippen molar-refractivity contribution in [1.82, 2.24) is 9.97 Å². The molecule has 2 rings (SSSR count). The summed E-state index contributed by atoms with van der Waals surface area (Å²) in [6.45, 7) is 2.79. The van der Waals surface area contributed by atoms with E-state index in [2.05, 4.69) is 9.97 Å². The highest BCUT2D eigenvalue weighted by Crippen LogP contribution is 2.24. The molecule has 0 aliphatic heterocycles. The molecule has 0 aliphatic rings. The first kappa shape index (κ1) is 14.6. The van der Waals surface area contributed by atoms with Crippen molar-refractivity contribution in [2.45, 2.75) is 13.5 Å². The summed E-state index contributed by atoms with van der Waals surface area (Å²) < 4.78 is 16.0. The van der Waals surface area contributed by atoms with Crippen LogP contribution in [0.4, 0.5) is 0 Å². The minimum atomic E-state index is 0.302. The van der Waals surface area contributed by atoms with Gasteiger partial charge in [0.05, 0.1) is 7.11 Å². The molecule has 6 heteroatoms. The SMILES string of the molecule is CCOCc1nc(Cl)cc(Oc2ccc(OC)cc2)n1. The molecule has 0 fully saturated rings. The van der Waals surface area contributed by atoms with E-state index in [0.717, 1.165) is 5.75 Å². The predicted molar refractivity (Wildman–Crippen MR) is 75.4 cm³/mol. The number of halogens is 1. The van der Waals surface area contributed by atoms with Gasteiger partial charge in [-0.15, -0.1) is 0 Å². The minimum Gasteiger partial charge on any atom is -0.497 e. The van der Waals surface area contributed by atoms with E-state index in [4.69, 9.17) is 25.8 Å². The quantitative estimate of drug-likeness (QED) is 0.764. The van der Waals surface area contributed by atoms with Crippen LogP contribution in [0.2, 0.25) is 5.15 Å².